The number of hydrogen-bond acceptors (Lipinski definition) is 4. The Balaban J connectivity index is 2.98. The fourth-order valence-corrected chi connectivity index (χ4v) is 2.97. The largest absolute Gasteiger partial charge is 0.478 e. The van der Waals surface area contributed by atoms with Crippen molar-refractivity contribution in [3.8, 4) is 0 Å². The Morgan fingerprint density at radius 1 is 1.45 bits per heavy atom. The molecule has 0 atom stereocenters. The summed E-state index contributed by atoms with van der Waals surface area (Å²) in [7, 11) is -2.28. The normalized spacial score (nSPS) is 11.8. The number of carbonyl (C=O) groups is 1. The van der Waals surface area contributed by atoms with Crippen molar-refractivity contribution in [3.05, 3.63) is 28.8 Å². The number of benzene rings is 1. The van der Waals surface area contributed by atoms with E-state index in [1.165, 1.54) is 19.2 Å². The third-order valence-electron chi connectivity index (χ3n) is 2.63. The molecule has 0 saturated carbocycles. The van der Waals surface area contributed by atoms with Crippen LogP contribution in [0, 0.1) is 0 Å². The van der Waals surface area contributed by atoms with E-state index in [0.717, 1.165) is 10.4 Å². The molecule has 0 radical (unpaired) electrons. The number of hydrogen-bond donors (Lipinski definition) is 1. The standard InChI is InChI=1S/C12H16ClNO5S/c1-3-19-7-6-14(2)20(17,18)9-4-5-10(12(15)16)11(13)8-9/h4-5,8H,3,6-7H2,1-2H3,(H,15,16). The van der Waals surface area contributed by atoms with E-state index in [2.05, 4.69) is 0 Å². The van der Waals surface area contributed by atoms with E-state index < -0.39 is 16.0 Å². The van der Waals surface area contributed by atoms with Gasteiger partial charge in [-0.15, -0.1) is 0 Å². The molecule has 0 aliphatic heterocycles. The maximum absolute atomic E-state index is 12.2. The summed E-state index contributed by atoms with van der Waals surface area (Å²) in [5.74, 6) is -1.20. The van der Waals surface area contributed by atoms with Gasteiger partial charge in [0.25, 0.3) is 0 Å². The molecule has 0 fully saturated rings. The summed E-state index contributed by atoms with van der Waals surface area (Å²) in [6.07, 6.45) is 0. The van der Waals surface area contributed by atoms with E-state index in [1.807, 2.05) is 6.92 Å². The lowest BCUT2D eigenvalue weighted by Crippen LogP contribution is -2.30. The fourth-order valence-electron chi connectivity index (χ4n) is 1.47. The van der Waals surface area contributed by atoms with Crippen molar-refractivity contribution in [2.24, 2.45) is 0 Å². The first kappa shape index (κ1) is 16.9. The maximum atomic E-state index is 12.2. The van der Waals surface area contributed by atoms with Crippen LogP contribution in [0.2, 0.25) is 5.02 Å². The van der Waals surface area contributed by atoms with E-state index >= 15 is 0 Å². The van der Waals surface area contributed by atoms with Crippen molar-refractivity contribution < 1.29 is 23.1 Å². The third kappa shape index (κ3) is 3.92. The van der Waals surface area contributed by atoms with Crippen LogP contribution in [-0.2, 0) is 14.8 Å². The highest BCUT2D eigenvalue weighted by molar-refractivity contribution is 7.89. The maximum Gasteiger partial charge on any atom is 0.337 e. The number of rotatable bonds is 7. The van der Waals surface area contributed by atoms with Crippen molar-refractivity contribution in [2.45, 2.75) is 11.8 Å². The van der Waals surface area contributed by atoms with Crippen molar-refractivity contribution in [1.82, 2.24) is 4.31 Å². The van der Waals surface area contributed by atoms with Crippen LogP contribution in [0.5, 0.6) is 0 Å². The molecule has 1 aromatic rings. The highest BCUT2D eigenvalue weighted by atomic mass is 35.5. The van der Waals surface area contributed by atoms with E-state index in [1.54, 1.807) is 0 Å². The van der Waals surface area contributed by atoms with Gasteiger partial charge in [0.15, 0.2) is 0 Å². The van der Waals surface area contributed by atoms with Crippen molar-refractivity contribution in [1.29, 1.82) is 0 Å². The molecule has 8 heteroatoms. The molecule has 0 spiro atoms. The van der Waals surface area contributed by atoms with Gasteiger partial charge in [-0.2, -0.15) is 4.31 Å². The zero-order valence-electron chi connectivity index (χ0n) is 11.2. The molecule has 1 N–H and O–H groups in total. The highest BCUT2D eigenvalue weighted by Gasteiger charge is 2.22. The molecule has 0 bridgehead atoms. The first-order chi connectivity index (χ1) is 9.30. The second-order valence-corrected chi connectivity index (χ2v) is 6.42. The number of nitrogens with zero attached hydrogens (tertiary/aromatic N) is 1. The lowest BCUT2D eigenvalue weighted by molar-refractivity contribution is 0.0697. The first-order valence-electron chi connectivity index (χ1n) is 5.87. The average molecular weight is 322 g/mol. The Morgan fingerprint density at radius 2 is 2.10 bits per heavy atom. The molecule has 0 aromatic heterocycles. The Labute approximate surface area is 123 Å². The molecular weight excluding hydrogens is 306 g/mol. The predicted molar refractivity (Wildman–Crippen MR) is 74.7 cm³/mol. The zero-order valence-corrected chi connectivity index (χ0v) is 12.7. The van der Waals surface area contributed by atoms with Crippen LogP contribution in [0.4, 0.5) is 0 Å². The van der Waals surface area contributed by atoms with Gasteiger partial charge in [0, 0.05) is 20.2 Å². The highest BCUT2D eigenvalue weighted by Crippen LogP contribution is 2.22. The summed E-state index contributed by atoms with van der Waals surface area (Å²) in [6, 6.07) is 3.54. The topological polar surface area (TPSA) is 83.9 Å². The van der Waals surface area contributed by atoms with Gasteiger partial charge in [0.1, 0.15) is 0 Å². The van der Waals surface area contributed by atoms with Crippen molar-refractivity contribution >= 4 is 27.6 Å². The minimum atomic E-state index is -3.71. The van der Waals surface area contributed by atoms with Crippen LogP contribution in [0.15, 0.2) is 23.1 Å². The molecule has 1 aromatic carbocycles. The monoisotopic (exact) mass is 321 g/mol. The SMILES string of the molecule is CCOCCN(C)S(=O)(=O)c1ccc(C(=O)O)c(Cl)c1. The van der Waals surface area contributed by atoms with E-state index in [4.69, 9.17) is 21.4 Å². The van der Waals surface area contributed by atoms with Crippen LogP contribution in [0.3, 0.4) is 0 Å². The molecule has 0 amide bonds. The average Bonchev–Trinajstić information content (AvgIpc) is 2.38. The Morgan fingerprint density at radius 3 is 2.60 bits per heavy atom. The number of halogens is 1. The van der Waals surface area contributed by atoms with Crippen LogP contribution in [-0.4, -0.2) is 50.6 Å². The molecular formula is C12H16ClNO5S. The van der Waals surface area contributed by atoms with Crippen LogP contribution >= 0.6 is 11.6 Å². The van der Waals surface area contributed by atoms with Gasteiger partial charge < -0.3 is 9.84 Å². The molecule has 0 aliphatic rings. The lowest BCUT2D eigenvalue weighted by Gasteiger charge is -2.17. The number of sulfonamides is 1. The zero-order chi connectivity index (χ0) is 15.3. The van der Waals surface area contributed by atoms with E-state index in [9.17, 15) is 13.2 Å². The molecule has 0 saturated heterocycles. The molecule has 0 aliphatic carbocycles. The minimum Gasteiger partial charge on any atom is -0.478 e. The van der Waals surface area contributed by atoms with E-state index in [0.29, 0.717) is 6.61 Å². The van der Waals surface area contributed by atoms with Crippen molar-refractivity contribution in [3.63, 3.8) is 0 Å². The Hall–Kier alpha value is -1.15. The predicted octanol–water partition coefficient (Wildman–Crippen LogP) is 1.70. The smallest absolute Gasteiger partial charge is 0.337 e. The second kappa shape index (κ2) is 7.03. The number of ether oxygens (including phenoxy) is 1. The number of aromatic carboxylic acids is 1. The number of carboxylic acids is 1. The summed E-state index contributed by atoms with van der Waals surface area (Å²) in [4.78, 5) is 10.8. The first-order valence-corrected chi connectivity index (χ1v) is 7.69. The number of likely N-dealkylation sites (N-methyl/N-ethyl adjacent to an activating group) is 1. The van der Waals surface area contributed by atoms with E-state index in [-0.39, 0.29) is 28.6 Å². The van der Waals surface area contributed by atoms with Crippen LogP contribution in [0.25, 0.3) is 0 Å². The summed E-state index contributed by atoms with van der Waals surface area (Å²) in [6.45, 7) is 2.81. The Bertz CT molecular complexity index is 588. The molecule has 1 rings (SSSR count). The molecule has 0 unspecified atom stereocenters. The summed E-state index contributed by atoms with van der Waals surface area (Å²) >= 11 is 5.77. The number of carboxylic acid groups (broad SMARTS) is 1. The quantitative estimate of drug-likeness (QED) is 0.773. The van der Waals surface area contributed by atoms with Crippen LogP contribution < -0.4 is 0 Å². The Kier molecular flexibility index (Phi) is 5.94. The third-order valence-corrected chi connectivity index (χ3v) is 4.80. The van der Waals surface area contributed by atoms with Gasteiger partial charge in [-0.1, -0.05) is 11.6 Å². The van der Waals surface area contributed by atoms with Crippen molar-refractivity contribution in [2.75, 3.05) is 26.8 Å². The molecule has 0 heterocycles. The van der Waals surface area contributed by atoms with Crippen LogP contribution in [0.1, 0.15) is 17.3 Å². The van der Waals surface area contributed by atoms with Gasteiger partial charge in [-0.05, 0) is 25.1 Å². The summed E-state index contributed by atoms with van der Waals surface area (Å²) in [5, 5.41) is 8.74. The lowest BCUT2D eigenvalue weighted by atomic mass is 10.2. The molecule has 6 nitrogen and oxygen atoms in total. The molecule has 20 heavy (non-hydrogen) atoms. The molecule has 112 valence electrons. The second-order valence-electron chi connectivity index (χ2n) is 3.97. The van der Waals surface area contributed by atoms with Gasteiger partial charge in [0.2, 0.25) is 10.0 Å². The van der Waals surface area contributed by atoms with Gasteiger partial charge in [0.05, 0.1) is 22.1 Å². The summed E-state index contributed by atoms with van der Waals surface area (Å²) < 4.78 is 30.7. The van der Waals surface area contributed by atoms with Gasteiger partial charge >= 0.3 is 5.97 Å². The van der Waals surface area contributed by atoms with Gasteiger partial charge in [-0.3, -0.25) is 0 Å². The summed E-state index contributed by atoms with van der Waals surface area (Å²) in [5.41, 5.74) is -0.136. The minimum absolute atomic E-state index is 0.0495. The fraction of sp³-hybridized carbons (Fsp3) is 0.417. The van der Waals surface area contributed by atoms with Gasteiger partial charge in [-0.25, -0.2) is 13.2 Å².